The SMILES string of the molecule is c1ccc(NCc2ccncn2)nc1. The first-order valence-electron chi connectivity index (χ1n) is 4.35. The lowest BCUT2D eigenvalue weighted by atomic mass is 10.4. The highest BCUT2D eigenvalue weighted by atomic mass is 15.0. The summed E-state index contributed by atoms with van der Waals surface area (Å²) < 4.78 is 0. The van der Waals surface area contributed by atoms with Crippen LogP contribution in [0.15, 0.2) is 43.0 Å². The second-order valence-corrected chi connectivity index (χ2v) is 2.77. The number of nitrogens with zero attached hydrogens (tertiary/aromatic N) is 3. The van der Waals surface area contributed by atoms with Crippen molar-refractivity contribution in [3.63, 3.8) is 0 Å². The minimum Gasteiger partial charge on any atom is -0.364 e. The van der Waals surface area contributed by atoms with Gasteiger partial charge in [0, 0.05) is 12.4 Å². The molecule has 4 nitrogen and oxygen atoms in total. The van der Waals surface area contributed by atoms with E-state index in [-0.39, 0.29) is 0 Å². The number of rotatable bonds is 3. The number of hydrogen-bond donors (Lipinski definition) is 1. The molecular formula is C10H10N4. The summed E-state index contributed by atoms with van der Waals surface area (Å²) in [5.74, 6) is 0.853. The highest BCUT2D eigenvalue weighted by Gasteiger charge is 1.93. The second kappa shape index (κ2) is 4.32. The van der Waals surface area contributed by atoms with Gasteiger partial charge in [-0.1, -0.05) is 6.07 Å². The fourth-order valence-corrected chi connectivity index (χ4v) is 1.07. The summed E-state index contributed by atoms with van der Waals surface area (Å²) in [5.41, 5.74) is 0.950. The summed E-state index contributed by atoms with van der Waals surface area (Å²) in [6.07, 6.45) is 5.01. The van der Waals surface area contributed by atoms with Crippen molar-refractivity contribution in [1.29, 1.82) is 0 Å². The smallest absolute Gasteiger partial charge is 0.126 e. The third kappa shape index (κ3) is 2.26. The molecule has 2 aromatic heterocycles. The zero-order chi connectivity index (χ0) is 9.64. The van der Waals surface area contributed by atoms with E-state index in [1.54, 1.807) is 12.4 Å². The summed E-state index contributed by atoms with van der Waals surface area (Å²) in [7, 11) is 0. The van der Waals surface area contributed by atoms with E-state index in [1.807, 2.05) is 24.3 Å². The zero-order valence-electron chi connectivity index (χ0n) is 7.59. The topological polar surface area (TPSA) is 50.7 Å². The van der Waals surface area contributed by atoms with Crippen LogP contribution < -0.4 is 5.32 Å². The lowest BCUT2D eigenvalue weighted by molar-refractivity contribution is 0.996. The predicted molar refractivity (Wildman–Crippen MR) is 53.6 cm³/mol. The van der Waals surface area contributed by atoms with Crippen molar-refractivity contribution in [3.8, 4) is 0 Å². The van der Waals surface area contributed by atoms with Crippen LogP contribution in [0.1, 0.15) is 5.69 Å². The van der Waals surface area contributed by atoms with Gasteiger partial charge < -0.3 is 5.32 Å². The van der Waals surface area contributed by atoms with Crippen LogP contribution >= 0.6 is 0 Å². The van der Waals surface area contributed by atoms with Crippen LogP contribution in [0, 0.1) is 0 Å². The normalized spacial score (nSPS) is 9.71. The Labute approximate surface area is 82.1 Å². The van der Waals surface area contributed by atoms with Gasteiger partial charge in [-0.15, -0.1) is 0 Å². The Morgan fingerprint density at radius 3 is 2.79 bits per heavy atom. The van der Waals surface area contributed by atoms with Gasteiger partial charge in [-0.05, 0) is 18.2 Å². The molecule has 2 heterocycles. The molecule has 0 amide bonds. The molecule has 1 N–H and O–H groups in total. The molecule has 0 fully saturated rings. The minimum absolute atomic E-state index is 0.666. The van der Waals surface area contributed by atoms with Gasteiger partial charge >= 0.3 is 0 Å². The van der Waals surface area contributed by atoms with Gasteiger partial charge in [0.05, 0.1) is 12.2 Å². The maximum Gasteiger partial charge on any atom is 0.126 e. The molecule has 0 radical (unpaired) electrons. The van der Waals surface area contributed by atoms with Gasteiger partial charge in [-0.25, -0.2) is 15.0 Å². The maximum absolute atomic E-state index is 4.14. The van der Waals surface area contributed by atoms with Crippen molar-refractivity contribution in [3.05, 3.63) is 48.7 Å². The van der Waals surface area contributed by atoms with Crippen molar-refractivity contribution in [1.82, 2.24) is 15.0 Å². The fraction of sp³-hybridized carbons (Fsp3) is 0.100. The van der Waals surface area contributed by atoms with Crippen LogP contribution in [0.5, 0.6) is 0 Å². The van der Waals surface area contributed by atoms with Gasteiger partial charge in [-0.2, -0.15) is 0 Å². The largest absolute Gasteiger partial charge is 0.364 e. The van der Waals surface area contributed by atoms with Gasteiger partial charge in [-0.3, -0.25) is 0 Å². The summed E-state index contributed by atoms with van der Waals surface area (Å²) >= 11 is 0. The Morgan fingerprint density at radius 2 is 2.07 bits per heavy atom. The molecule has 14 heavy (non-hydrogen) atoms. The lowest BCUT2D eigenvalue weighted by Crippen LogP contribution is -2.02. The molecule has 2 rings (SSSR count). The lowest BCUT2D eigenvalue weighted by Gasteiger charge is -2.03. The predicted octanol–water partition coefficient (Wildman–Crippen LogP) is 1.48. The summed E-state index contributed by atoms with van der Waals surface area (Å²) in [4.78, 5) is 12.1. The van der Waals surface area contributed by atoms with Crippen LogP contribution in [0.3, 0.4) is 0 Å². The van der Waals surface area contributed by atoms with Crippen molar-refractivity contribution < 1.29 is 0 Å². The molecule has 0 aliphatic carbocycles. The van der Waals surface area contributed by atoms with Crippen LogP contribution in [0.4, 0.5) is 5.82 Å². The average Bonchev–Trinajstić information content (AvgIpc) is 2.29. The Hall–Kier alpha value is -1.97. The summed E-state index contributed by atoms with van der Waals surface area (Å²) in [5, 5.41) is 3.16. The quantitative estimate of drug-likeness (QED) is 0.788. The zero-order valence-corrected chi connectivity index (χ0v) is 7.59. The monoisotopic (exact) mass is 186 g/mol. The first kappa shape index (κ1) is 8.62. The molecule has 4 heteroatoms. The fourth-order valence-electron chi connectivity index (χ4n) is 1.07. The molecule has 0 saturated carbocycles. The summed E-state index contributed by atoms with van der Waals surface area (Å²) in [6, 6.07) is 7.61. The molecule has 2 aromatic rings. The minimum atomic E-state index is 0.666. The Balaban J connectivity index is 1.96. The van der Waals surface area contributed by atoms with E-state index in [1.165, 1.54) is 6.33 Å². The highest BCUT2D eigenvalue weighted by molar-refractivity contribution is 5.33. The van der Waals surface area contributed by atoms with Gasteiger partial charge in [0.25, 0.3) is 0 Å². The van der Waals surface area contributed by atoms with E-state index >= 15 is 0 Å². The molecule has 0 aromatic carbocycles. The van der Waals surface area contributed by atoms with E-state index < -0.39 is 0 Å². The third-order valence-corrected chi connectivity index (χ3v) is 1.76. The van der Waals surface area contributed by atoms with Gasteiger partial charge in [0.1, 0.15) is 12.1 Å². The van der Waals surface area contributed by atoms with Crippen LogP contribution in [0.2, 0.25) is 0 Å². The van der Waals surface area contributed by atoms with Crippen molar-refractivity contribution >= 4 is 5.82 Å². The Kier molecular flexibility index (Phi) is 2.66. The Bertz CT molecular complexity index is 334. The molecule has 70 valence electrons. The molecule has 0 saturated heterocycles. The van der Waals surface area contributed by atoms with E-state index in [0.717, 1.165) is 11.5 Å². The van der Waals surface area contributed by atoms with E-state index in [2.05, 4.69) is 20.3 Å². The number of anilines is 1. The van der Waals surface area contributed by atoms with Crippen LogP contribution in [0.25, 0.3) is 0 Å². The Morgan fingerprint density at radius 1 is 1.07 bits per heavy atom. The van der Waals surface area contributed by atoms with E-state index in [4.69, 9.17) is 0 Å². The number of hydrogen-bond acceptors (Lipinski definition) is 4. The number of pyridine rings is 1. The van der Waals surface area contributed by atoms with Crippen LogP contribution in [-0.4, -0.2) is 15.0 Å². The van der Waals surface area contributed by atoms with Crippen LogP contribution in [-0.2, 0) is 6.54 Å². The highest BCUT2D eigenvalue weighted by Crippen LogP contribution is 2.01. The summed E-state index contributed by atoms with van der Waals surface area (Å²) in [6.45, 7) is 0.666. The first-order chi connectivity index (χ1) is 6.95. The molecule has 0 unspecified atom stereocenters. The third-order valence-electron chi connectivity index (χ3n) is 1.76. The van der Waals surface area contributed by atoms with Crippen molar-refractivity contribution in [2.75, 3.05) is 5.32 Å². The molecular weight excluding hydrogens is 176 g/mol. The molecule has 0 aliphatic heterocycles. The van der Waals surface area contributed by atoms with Gasteiger partial charge in [0.15, 0.2) is 0 Å². The van der Waals surface area contributed by atoms with E-state index in [0.29, 0.717) is 6.54 Å². The van der Waals surface area contributed by atoms with Crippen molar-refractivity contribution in [2.45, 2.75) is 6.54 Å². The number of aromatic nitrogens is 3. The average molecular weight is 186 g/mol. The standard InChI is InChI=1S/C10H10N4/c1-2-5-12-10(3-1)13-7-9-4-6-11-8-14-9/h1-6,8H,7H2,(H,12,13). The van der Waals surface area contributed by atoms with Crippen molar-refractivity contribution in [2.24, 2.45) is 0 Å². The molecule has 0 atom stereocenters. The molecule has 0 bridgehead atoms. The second-order valence-electron chi connectivity index (χ2n) is 2.77. The molecule has 0 aliphatic rings. The first-order valence-corrected chi connectivity index (χ1v) is 4.35. The van der Waals surface area contributed by atoms with E-state index in [9.17, 15) is 0 Å². The van der Waals surface area contributed by atoms with Gasteiger partial charge in [0.2, 0.25) is 0 Å². The number of nitrogens with one attached hydrogen (secondary N) is 1. The maximum atomic E-state index is 4.14. The molecule has 0 spiro atoms.